The molecule has 1 aromatic heterocycles. The van der Waals surface area contributed by atoms with E-state index in [1.165, 1.54) is 11.1 Å². The second-order valence-electron chi connectivity index (χ2n) is 4.10. The summed E-state index contributed by atoms with van der Waals surface area (Å²) in [5, 5.41) is 7.67. The van der Waals surface area contributed by atoms with Gasteiger partial charge in [0.25, 0.3) is 0 Å². The van der Waals surface area contributed by atoms with Gasteiger partial charge < -0.3 is 5.32 Å². The number of aromatic nitrogens is 2. The molecule has 0 unspecified atom stereocenters. The van der Waals surface area contributed by atoms with Gasteiger partial charge >= 0.3 is 0 Å². The third-order valence-corrected chi connectivity index (χ3v) is 3.14. The van der Waals surface area contributed by atoms with Gasteiger partial charge in [-0.05, 0) is 31.7 Å². The summed E-state index contributed by atoms with van der Waals surface area (Å²) < 4.78 is 3.10. The number of rotatable bonds is 4. The molecule has 0 bridgehead atoms. The van der Waals surface area contributed by atoms with Gasteiger partial charge in [0.2, 0.25) is 0 Å². The minimum absolute atomic E-state index is 0.810. The first kappa shape index (κ1) is 12.3. The number of aryl methyl sites for hydroxylation is 1. The fourth-order valence-corrected chi connectivity index (χ4v) is 2.27. The lowest BCUT2D eigenvalue weighted by Crippen LogP contribution is -2.05. The molecule has 0 amide bonds. The van der Waals surface area contributed by atoms with E-state index in [2.05, 4.69) is 44.7 Å². The molecule has 2 aromatic rings. The van der Waals surface area contributed by atoms with E-state index in [1.54, 1.807) is 0 Å². The van der Waals surface area contributed by atoms with E-state index >= 15 is 0 Å². The van der Waals surface area contributed by atoms with E-state index in [9.17, 15) is 0 Å². The van der Waals surface area contributed by atoms with Crippen LogP contribution in [0.25, 0.3) is 0 Å². The molecule has 0 aliphatic rings. The molecule has 0 fully saturated rings. The Kier molecular flexibility index (Phi) is 3.97. The zero-order valence-electron chi connectivity index (χ0n) is 10.1. The van der Waals surface area contributed by atoms with Gasteiger partial charge in [0, 0.05) is 22.8 Å². The lowest BCUT2D eigenvalue weighted by atomic mass is 10.2. The first-order valence-electron chi connectivity index (χ1n) is 5.61. The van der Waals surface area contributed by atoms with Crippen molar-refractivity contribution in [2.75, 3.05) is 7.05 Å². The summed E-state index contributed by atoms with van der Waals surface area (Å²) in [7, 11) is 1.95. The molecule has 0 saturated heterocycles. The molecule has 0 radical (unpaired) electrons. The average Bonchev–Trinajstić information content (AvgIpc) is 2.60. The van der Waals surface area contributed by atoms with Crippen molar-refractivity contribution in [3.05, 3.63) is 51.8 Å². The zero-order valence-corrected chi connectivity index (χ0v) is 11.7. The lowest BCUT2D eigenvalue weighted by Gasteiger charge is -2.02. The third kappa shape index (κ3) is 3.17. The van der Waals surface area contributed by atoms with Crippen LogP contribution in [0, 0.1) is 6.92 Å². The van der Waals surface area contributed by atoms with Gasteiger partial charge in [-0.3, -0.25) is 4.68 Å². The van der Waals surface area contributed by atoms with Gasteiger partial charge in [0.05, 0.1) is 12.2 Å². The van der Waals surface area contributed by atoms with Crippen molar-refractivity contribution in [1.29, 1.82) is 0 Å². The number of halogens is 1. The Morgan fingerprint density at radius 2 is 2.24 bits per heavy atom. The van der Waals surface area contributed by atoms with Crippen LogP contribution < -0.4 is 5.32 Å². The molecule has 17 heavy (non-hydrogen) atoms. The number of hydrogen-bond donors (Lipinski definition) is 1. The highest BCUT2D eigenvalue weighted by Crippen LogP contribution is 2.13. The summed E-state index contributed by atoms with van der Waals surface area (Å²) in [5.41, 5.74) is 3.59. The number of nitrogens with one attached hydrogen (secondary N) is 1. The van der Waals surface area contributed by atoms with Crippen LogP contribution in [0.4, 0.5) is 0 Å². The summed E-state index contributed by atoms with van der Waals surface area (Å²) >= 11 is 3.48. The van der Waals surface area contributed by atoms with Crippen molar-refractivity contribution in [1.82, 2.24) is 15.1 Å². The van der Waals surface area contributed by atoms with Crippen molar-refractivity contribution >= 4 is 15.9 Å². The van der Waals surface area contributed by atoms with Gasteiger partial charge in [-0.1, -0.05) is 28.1 Å². The highest BCUT2D eigenvalue weighted by Gasteiger charge is 2.04. The quantitative estimate of drug-likeness (QED) is 0.939. The first-order chi connectivity index (χ1) is 8.19. The highest BCUT2D eigenvalue weighted by molar-refractivity contribution is 9.10. The second kappa shape index (κ2) is 5.47. The Hall–Kier alpha value is -1.13. The first-order valence-corrected chi connectivity index (χ1v) is 6.40. The second-order valence-corrected chi connectivity index (χ2v) is 5.01. The van der Waals surface area contributed by atoms with E-state index < -0.39 is 0 Å². The Morgan fingerprint density at radius 3 is 2.94 bits per heavy atom. The lowest BCUT2D eigenvalue weighted by molar-refractivity contribution is 0.678. The molecule has 0 saturated carbocycles. The Morgan fingerprint density at radius 1 is 1.41 bits per heavy atom. The molecule has 2 rings (SSSR count). The zero-order chi connectivity index (χ0) is 12.3. The van der Waals surface area contributed by atoms with Crippen molar-refractivity contribution in [2.45, 2.75) is 20.0 Å². The van der Waals surface area contributed by atoms with Gasteiger partial charge in [-0.25, -0.2) is 0 Å². The number of hydrogen-bond acceptors (Lipinski definition) is 2. The number of benzene rings is 1. The average molecular weight is 294 g/mol. The monoisotopic (exact) mass is 293 g/mol. The van der Waals surface area contributed by atoms with E-state index in [4.69, 9.17) is 0 Å². The van der Waals surface area contributed by atoms with E-state index in [0.717, 1.165) is 23.3 Å². The molecular formula is C13H16BrN3. The molecule has 0 aliphatic carbocycles. The summed E-state index contributed by atoms with van der Waals surface area (Å²) in [4.78, 5) is 0. The molecular weight excluding hydrogens is 278 g/mol. The van der Waals surface area contributed by atoms with Crippen LogP contribution in [0.2, 0.25) is 0 Å². The maximum absolute atomic E-state index is 4.52. The van der Waals surface area contributed by atoms with Gasteiger partial charge in [0.1, 0.15) is 0 Å². The van der Waals surface area contributed by atoms with Crippen LogP contribution in [0.1, 0.15) is 16.8 Å². The van der Waals surface area contributed by atoms with Gasteiger partial charge in [-0.15, -0.1) is 0 Å². The van der Waals surface area contributed by atoms with Crippen molar-refractivity contribution in [2.24, 2.45) is 0 Å². The van der Waals surface area contributed by atoms with E-state index in [0.29, 0.717) is 0 Å². The molecule has 1 heterocycles. The molecule has 0 spiro atoms. The van der Waals surface area contributed by atoms with Crippen LogP contribution in [-0.2, 0) is 13.1 Å². The topological polar surface area (TPSA) is 29.9 Å². The standard InChI is InChI=1S/C13H16BrN3/c1-10-12(7-15-2)9-17(16-10)8-11-4-3-5-13(14)6-11/h3-6,9,15H,7-8H2,1-2H3. The van der Waals surface area contributed by atoms with E-state index in [-0.39, 0.29) is 0 Å². The fourth-order valence-electron chi connectivity index (χ4n) is 1.83. The van der Waals surface area contributed by atoms with Crippen LogP contribution >= 0.6 is 15.9 Å². The predicted molar refractivity (Wildman–Crippen MR) is 73.0 cm³/mol. The normalized spacial score (nSPS) is 10.8. The SMILES string of the molecule is CNCc1cn(Cc2cccc(Br)c2)nc1C. The van der Waals surface area contributed by atoms with Crippen LogP contribution in [0.5, 0.6) is 0 Å². The Labute approximate surface area is 110 Å². The van der Waals surface area contributed by atoms with Crippen molar-refractivity contribution < 1.29 is 0 Å². The van der Waals surface area contributed by atoms with Crippen molar-refractivity contribution in [3.63, 3.8) is 0 Å². The smallest absolute Gasteiger partial charge is 0.0659 e. The minimum Gasteiger partial charge on any atom is -0.316 e. The summed E-state index contributed by atoms with van der Waals surface area (Å²) in [6.45, 7) is 3.72. The Bertz CT molecular complexity index is 505. The van der Waals surface area contributed by atoms with Crippen LogP contribution in [0.15, 0.2) is 34.9 Å². The molecule has 0 aliphatic heterocycles. The maximum atomic E-state index is 4.52. The minimum atomic E-state index is 0.810. The van der Waals surface area contributed by atoms with Gasteiger partial charge in [-0.2, -0.15) is 5.10 Å². The maximum Gasteiger partial charge on any atom is 0.0659 e. The molecule has 4 heteroatoms. The predicted octanol–water partition coefficient (Wildman–Crippen LogP) is 2.72. The van der Waals surface area contributed by atoms with E-state index in [1.807, 2.05) is 30.8 Å². The fraction of sp³-hybridized carbons (Fsp3) is 0.308. The molecule has 90 valence electrons. The largest absolute Gasteiger partial charge is 0.316 e. The van der Waals surface area contributed by atoms with Crippen LogP contribution in [0.3, 0.4) is 0 Å². The van der Waals surface area contributed by atoms with Crippen molar-refractivity contribution in [3.8, 4) is 0 Å². The third-order valence-electron chi connectivity index (χ3n) is 2.65. The summed E-state index contributed by atoms with van der Waals surface area (Å²) in [5.74, 6) is 0. The number of nitrogens with zero attached hydrogens (tertiary/aromatic N) is 2. The summed E-state index contributed by atoms with van der Waals surface area (Å²) in [6, 6.07) is 8.31. The summed E-state index contributed by atoms with van der Waals surface area (Å²) in [6.07, 6.45) is 2.10. The molecule has 0 atom stereocenters. The Balaban J connectivity index is 2.16. The molecule has 3 nitrogen and oxygen atoms in total. The van der Waals surface area contributed by atoms with Gasteiger partial charge in [0.15, 0.2) is 0 Å². The molecule has 1 aromatic carbocycles. The van der Waals surface area contributed by atoms with Crippen LogP contribution in [-0.4, -0.2) is 16.8 Å². The highest BCUT2D eigenvalue weighted by atomic mass is 79.9. The molecule has 1 N–H and O–H groups in total.